The Morgan fingerprint density at radius 1 is 1.07 bits per heavy atom. The van der Waals surface area contributed by atoms with Crippen molar-refractivity contribution < 1.29 is 9.18 Å². The summed E-state index contributed by atoms with van der Waals surface area (Å²) in [5.41, 5.74) is 2.48. The lowest BCUT2D eigenvalue weighted by atomic mass is 9.86. The molecule has 5 nitrogen and oxygen atoms in total. The van der Waals surface area contributed by atoms with Crippen molar-refractivity contribution >= 4 is 5.91 Å². The first-order valence-corrected chi connectivity index (χ1v) is 9.79. The van der Waals surface area contributed by atoms with Crippen LogP contribution in [0.15, 0.2) is 61.2 Å². The smallest absolute Gasteiger partial charge is 0.256 e. The number of aromatic nitrogens is 3. The second kappa shape index (κ2) is 8.07. The predicted molar refractivity (Wildman–Crippen MR) is 109 cm³/mol. The van der Waals surface area contributed by atoms with Crippen molar-refractivity contribution in [3.63, 3.8) is 0 Å². The number of hydrogen-bond acceptors (Lipinski definition) is 4. The van der Waals surface area contributed by atoms with Crippen molar-refractivity contribution in [2.24, 2.45) is 0 Å². The molecule has 6 heteroatoms. The van der Waals surface area contributed by atoms with Crippen molar-refractivity contribution in [3.05, 3.63) is 77.9 Å². The van der Waals surface area contributed by atoms with Crippen LogP contribution in [0.3, 0.4) is 0 Å². The fourth-order valence-electron chi connectivity index (χ4n) is 3.74. The molecule has 0 aliphatic carbocycles. The number of amides is 1. The van der Waals surface area contributed by atoms with E-state index in [0.29, 0.717) is 49.3 Å². The lowest BCUT2D eigenvalue weighted by Crippen LogP contribution is -2.45. The van der Waals surface area contributed by atoms with Gasteiger partial charge in [0.2, 0.25) is 0 Å². The molecule has 0 saturated carbocycles. The standard InChI is InChI=1S/C23H23FN4O/c1-17-4-6-18(7-5-17)15-23(24)9-13-28(14-10-23)22(29)19-3-2-11-26-21(19)20-8-12-25-16-27-20/h2-8,11-12,16H,9-10,13-15H2,1H3. The van der Waals surface area contributed by atoms with Gasteiger partial charge in [0, 0.05) is 31.9 Å². The molecule has 1 saturated heterocycles. The number of carbonyl (C=O) groups excluding carboxylic acids is 1. The third kappa shape index (κ3) is 4.31. The molecule has 1 aromatic carbocycles. The van der Waals surface area contributed by atoms with Crippen molar-refractivity contribution in [2.45, 2.75) is 31.9 Å². The van der Waals surface area contributed by atoms with Crippen LogP contribution in [0.5, 0.6) is 0 Å². The van der Waals surface area contributed by atoms with Crippen molar-refractivity contribution in [3.8, 4) is 11.4 Å². The van der Waals surface area contributed by atoms with Crippen molar-refractivity contribution in [1.82, 2.24) is 19.9 Å². The van der Waals surface area contributed by atoms with E-state index in [0.717, 1.165) is 11.1 Å². The Hall–Kier alpha value is -3.15. The van der Waals surface area contributed by atoms with Gasteiger partial charge in [-0.3, -0.25) is 9.78 Å². The molecule has 1 amide bonds. The molecule has 2 aromatic heterocycles. The number of nitrogens with zero attached hydrogens (tertiary/aromatic N) is 4. The van der Waals surface area contributed by atoms with Gasteiger partial charge in [-0.15, -0.1) is 0 Å². The van der Waals surface area contributed by atoms with Crippen LogP contribution < -0.4 is 0 Å². The zero-order valence-corrected chi connectivity index (χ0v) is 16.4. The fourth-order valence-corrected chi connectivity index (χ4v) is 3.74. The van der Waals surface area contributed by atoms with Crippen LogP contribution >= 0.6 is 0 Å². The van der Waals surface area contributed by atoms with Crippen molar-refractivity contribution in [1.29, 1.82) is 0 Å². The van der Waals surface area contributed by atoms with E-state index in [-0.39, 0.29) is 5.91 Å². The Morgan fingerprint density at radius 3 is 2.52 bits per heavy atom. The average molecular weight is 390 g/mol. The molecule has 1 fully saturated rings. The Balaban J connectivity index is 1.47. The molecule has 29 heavy (non-hydrogen) atoms. The molecule has 1 aliphatic heterocycles. The Kier molecular flexibility index (Phi) is 5.34. The molecular formula is C23H23FN4O. The summed E-state index contributed by atoms with van der Waals surface area (Å²) in [6, 6.07) is 13.2. The first-order valence-electron chi connectivity index (χ1n) is 9.79. The molecule has 4 rings (SSSR count). The van der Waals surface area contributed by atoms with Crippen molar-refractivity contribution in [2.75, 3.05) is 13.1 Å². The minimum absolute atomic E-state index is 0.135. The Morgan fingerprint density at radius 2 is 1.83 bits per heavy atom. The zero-order chi connectivity index (χ0) is 20.3. The summed E-state index contributed by atoms with van der Waals surface area (Å²) in [6.07, 6.45) is 5.73. The van der Waals surface area contributed by atoms with Crippen LogP contribution in [0.4, 0.5) is 4.39 Å². The lowest BCUT2D eigenvalue weighted by molar-refractivity contribution is 0.0437. The fraction of sp³-hybridized carbons (Fsp3) is 0.304. The van der Waals surface area contributed by atoms with Gasteiger partial charge in [0.1, 0.15) is 17.7 Å². The number of pyridine rings is 1. The maximum Gasteiger partial charge on any atom is 0.256 e. The first kappa shape index (κ1) is 19.2. The molecule has 0 N–H and O–H groups in total. The van der Waals surface area contributed by atoms with Crippen LogP contribution in [0.1, 0.15) is 34.3 Å². The highest BCUT2D eigenvalue weighted by molar-refractivity contribution is 5.99. The quantitative estimate of drug-likeness (QED) is 0.675. The summed E-state index contributed by atoms with van der Waals surface area (Å²) in [6.45, 7) is 2.80. The number of alkyl halides is 1. The van der Waals surface area contributed by atoms with Gasteiger partial charge >= 0.3 is 0 Å². The third-order valence-electron chi connectivity index (χ3n) is 5.45. The van der Waals surface area contributed by atoms with E-state index in [4.69, 9.17) is 0 Å². The van der Waals surface area contributed by atoms with Crippen LogP contribution in [0, 0.1) is 6.92 Å². The molecule has 0 spiro atoms. The summed E-state index contributed by atoms with van der Waals surface area (Å²) in [5, 5.41) is 0. The molecule has 3 heterocycles. The summed E-state index contributed by atoms with van der Waals surface area (Å²) < 4.78 is 15.4. The number of carbonyl (C=O) groups is 1. The number of likely N-dealkylation sites (tertiary alicyclic amines) is 1. The van der Waals surface area contributed by atoms with E-state index >= 15 is 4.39 Å². The highest BCUT2D eigenvalue weighted by Crippen LogP contribution is 2.32. The molecule has 0 unspecified atom stereocenters. The second-order valence-corrected chi connectivity index (χ2v) is 7.60. The molecule has 0 bridgehead atoms. The molecule has 0 atom stereocenters. The van der Waals surface area contributed by atoms with Gasteiger partial charge < -0.3 is 4.90 Å². The van der Waals surface area contributed by atoms with Gasteiger partial charge in [0.15, 0.2) is 0 Å². The average Bonchev–Trinajstić information content (AvgIpc) is 2.76. The van der Waals surface area contributed by atoms with Crippen LogP contribution in [-0.4, -0.2) is 44.5 Å². The van der Waals surface area contributed by atoms with Gasteiger partial charge in [-0.2, -0.15) is 0 Å². The minimum atomic E-state index is -1.28. The summed E-state index contributed by atoms with van der Waals surface area (Å²) >= 11 is 0. The van der Waals surface area contributed by atoms with Gasteiger partial charge in [-0.25, -0.2) is 14.4 Å². The summed E-state index contributed by atoms with van der Waals surface area (Å²) in [7, 11) is 0. The Bertz CT molecular complexity index is 983. The maximum absolute atomic E-state index is 15.4. The van der Waals surface area contributed by atoms with E-state index in [1.54, 1.807) is 35.5 Å². The van der Waals surface area contributed by atoms with E-state index < -0.39 is 5.67 Å². The van der Waals surface area contributed by atoms with E-state index in [2.05, 4.69) is 15.0 Å². The van der Waals surface area contributed by atoms with E-state index in [1.807, 2.05) is 31.2 Å². The van der Waals surface area contributed by atoms with Crippen LogP contribution in [-0.2, 0) is 6.42 Å². The first-order chi connectivity index (χ1) is 14.0. The molecular weight excluding hydrogens is 367 g/mol. The minimum Gasteiger partial charge on any atom is -0.338 e. The topological polar surface area (TPSA) is 59.0 Å². The number of piperidine rings is 1. The number of benzene rings is 1. The maximum atomic E-state index is 15.4. The zero-order valence-electron chi connectivity index (χ0n) is 16.4. The molecule has 148 valence electrons. The highest BCUT2D eigenvalue weighted by Gasteiger charge is 2.36. The second-order valence-electron chi connectivity index (χ2n) is 7.60. The lowest BCUT2D eigenvalue weighted by Gasteiger charge is -2.36. The number of halogens is 1. The van der Waals surface area contributed by atoms with Gasteiger partial charge in [0.25, 0.3) is 5.91 Å². The van der Waals surface area contributed by atoms with E-state index in [1.165, 1.54) is 6.33 Å². The van der Waals surface area contributed by atoms with Gasteiger partial charge in [-0.05, 0) is 43.5 Å². The SMILES string of the molecule is Cc1ccc(CC2(F)CCN(C(=O)c3cccnc3-c3ccncn3)CC2)cc1. The van der Waals surface area contributed by atoms with Crippen LogP contribution in [0.25, 0.3) is 11.4 Å². The summed E-state index contributed by atoms with van der Waals surface area (Å²) in [4.78, 5) is 27.3. The predicted octanol–water partition coefficient (Wildman–Crippen LogP) is 4.03. The molecule has 1 aliphatic rings. The largest absolute Gasteiger partial charge is 0.338 e. The number of rotatable bonds is 4. The van der Waals surface area contributed by atoms with Gasteiger partial charge in [0.05, 0.1) is 11.3 Å². The van der Waals surface area contributed by atoms with E-state index in [9.17, 15) is 4.79 Å². The van der Waals surface area contributed by atoms with Gasteiger partial charge in [-0.1, -0.05) is 29.8 Å². The highest BCUT2D eigenvalue weighted by atomic mass is 19.1. The third-order valence-corrected chi connectivity index (χ3v) is 5.45. The number of aryl methyl sites for hydroxylation is 1. The van der Waals surface area contributed by atoms with Crippen LogP contribution in [0.2, 0.25) is 0 Å². The monoisotopic (exact) mass is 390 g/mol. The number of hydrogen-bond donors (Lipinski definition) is 0. The summed E-state index contributed by atoms with van der Waals surface area (Å²) in [5.74, 6) is -0.135. The normalized spacial score (nSPS) is 15.9. The molecule has 0 radical (unpaired) electrons. The Labute approximate surface area is 169 Å². The molecule has 3 aromatic rings.